The molecule has 0 aromatic carbocycles. The van der Waals surface area contributed by atoms with Crippen molar-refractivity contribution in [3.05, 3.63) is 23.5 Å². The van der Waals surface area contributed by atoms with Crippen molar-refractivity contribution < 1.29 is 14.6 Å². The second-order valence-electron chi connectivity index (χ2n) is 7.88. The molecule has 2 heterocycles. The lowest BCUT2D eigenvalue weighted by molar-refractivity contribution is 0.0579. The van der Waals surface area contributed by atoms with E-state index in [-0.39, 0.29) is 11.5 Å². The minimum Gasteiger partial charge on any atom is -0.443 e. The van der Waals surface area contributed by atoms with E-state index in [9.17, 15) is 9.90 Å². The van der Waals surface area contributed by atoms with Gasteiger partial charge in [-0.3, -0.25) is 9.88 Å². The van der Waals surface area contributed by atoms with Crippen molar-refractivity contribution in [2.45, 2.75) is 71.5 Å². The highest BCUT2D eigenvalue weighted by Crippen LogP contribution is 2.41. The number of aromatic nitrogens is 1. The minimum atomic E-state index is -0.602. The maximum absolute atomic E-state index is 12.5. The van der Waals surface area contributed by atoms with Crippen LogP contribution >= 0.6 is 0 Å². The Morgan fingerprint density at radius 2 is 2.13 bits per heavy atom. The first kappa shape index (κ1) is 17.7. The molecule has 1 aromatic heterocycles. The van der Waals surface area contributed by atoms with Crippen LogP contribution in [0.4, 0.5) is 10.5 Å². The number of ether oxygens (including phenoxy) is 1. The van der Waals surface area contributed by atoms with Crippen LogP contribution in [-0.2, 0) is 10.2 Å². The number of anilines is 1. The normalized spacial score (nSPS) is 17.8. The highest BCUT2D eigenvalue weighted by Gasteiger charge is 2.40. The van der Waals surface area contributed by atoms with Gasteiger partial charge >= 0.3 is 6.09 Å². The van der Waals surface area contributed by atoms with Gasteiger partial charge in [0.15, 0.2) is 0 Å². The monoisotopic (exact) mass is 320 g/mol. The third-order valence-corrected chi connectivity index (χ3v) is 3.99. The molecule has 0 saturated carbocycles. The van der Waals surface area contributed by atoms with E-state index in [0.29, 0.717) is 18.7 Å². The summed E-state index contributed by atoms with van der Waals surface area (Å²) in [6.07, 6.45) is 2.36. The summed E-state index contributed by atoms with van der Waals surface area (Å²) in [4.78, 5) is 18.6. The maximum atomic E-state index is 12.5. The number of nitrogens with zero attached hydrogens (tertiary/aromatic N) is 2. The molecule has 0 fully saturated rings. The van der Waals surface area contributed by atoms with Crippen molar-refractivity contribution in [3.8, 4) is 0 Å². The fourth-order valence-corrected chi connectivity index (χ4v) is 2.85. The fourth-order valence-electron chi connectivity index (χ4n) is 2.85. The molecular weight excluding hydrogens is 292 g/mol. The van der Waals surface area contributed by atoms with E-state index in [0.717, 1.165) is 17.7 Å². The average Bonchev–Trinajstić information content (AvgIpc) is 2.69. The van der Waals surface area contributed by atoms with Gasteiger partial charge in [-0.2, -0.15) is 0 Å². The molecule has 0 bridgehead atoms. The van der Waals surface area contributed by atoms with E-state index < -0.39 is 11.7 Å². The summed E-state index contributed by atoms with van der Waals surface area (Å²) in [5.74, 6) is 0. The summed E-state index contributed by atoms with van der Waals surface area (Å²) >= 11 is 0. The van der Waals surface area contributed by atoms with E-state index in [1.54, 1.807) is 11.1 Å². The number of aliphatic hydroxyl groups is 1. The van der Waals surface area contributed by atoms with Crippen molar-refractivity contribution in [2.24, 2.45) is 0 Å². The molecule has 128 valence electrons. The van der Waals surface area contributed by atoms with E-state index >= 15 is 0 Å². The van der Waals surface area contributed by atoms with Crippen molar-refractivity contribution >= 4 is 11.8 Å². The molecule has 0 radical (unpaired) electrons. The zero-order valence-corrected chi connectivity index (χ0v) is 15.0. The third kappa shape index (κ3) is 3.83. The van der Waals surface area contributed by atoms with Gasteiger partial charge in [-0.15, -0.1) is 0 Å². The van der Waals surface area contributed by atoms with Crippen LogP contribution in [0.25, 0.3) is 0 Å². The predicted molar refractivity (Wildman–Crippen MR) is 90.7 cm³/mol. The van der Waals surface area contributed by atoms with E-state index in [4.69, 9.17) is 4.74 Å². The van der Waals surface area contributed by atoms with Crippen LogP contribution in [0.3, 0.4) is 0 Å². The first-order valence-electron chi connectivity index (χ1n) is 8.24. The summed E-state index contributed by atoms with van der Waals surface area (Å²) in [5.41, 5.74) is 1.69. The largest absolute Gasteiger partial charge is 0.443 e. The summed E-state index contributed by atoms with van der Waals surface area (Å²) in [5, 5.41) is 10.2. The Morgan fingerprint density at radius 3 is 2.70 bits per heavy atom. The Hall–Kier alpha value is -1.62. The van der Waals surface area contributed by atoms with E-state index in [1.165, 1.54) is 0 Å². The average molecular weight is 320 g/mol. The van der Waals surface area contributed by atoms with Gasteiger partial charge in [-0.05, 0) is 33.3 Å². The molecule has 23 heavy (non-hydrogen) atoms. The smallest absolute Gasteiger partial charge is 0.414 e. The molecule has 1 amide bonds. The first-order chi connectivity index (χ1) is 10.5. The van der Waals surface area contributed by atoms with Gasteiger partial charge < -0.3 is 9.84 Å². The molecule has 2 rings (SSSR count). The Kier molecular flexibility index (Phi) is 4.71. The number of hydrogen-bond donors (Lipinski definition) is 1. The van der Waals surface area contributed by atoms with E-state index in [1.807, 2.05) is 33.8 Å². The summed E-state index contributed by atoms with van der Waals surface area (Å²) in [7, 11) is 0. The van der Waals surface area contributed by atoms with Gasteiger partial charge in [0.25, 0.3) is 0 Å². The molecule has 0 spiro atoms. The number of pyridine rings is 1. The molecule has 1 atom stereocenters. The molecule has 5 nitrogen and oxygen atoms in total. The standard InChI is InChI=1S/C18H28N2O3/c1-7-8-15(21)13-9-14-12(10-19-13)18(5,6)11-20(14)16(22)23-17(2,3)4/h9-10,15,21H,7-8,11H2,1-6H3. The van der Waals surface area contributed by atoms with Crippen LogP contribution in [0.1, 0.15) is 71.7 Å². The number of amides is 1. The summed E-state index contributed by atoms with van der Waals surface area (Å²) in [6.45, 7) is 12.3. The minimum absolute atomic E-state index is 0.187. The Morgan fingerprint density at radius 1 is 1.48 bits per heavy atom. The van der Waals surface area contributed by atoms with Gasteiger partial charge in [0.05, 0.1) is 17.5 Å². The maximum Gasteiger partial charge on any atom is 0.414 e. The highest BCUT2D eigenvalue weighted by atomic mass is 16.6. The zero-order valence-electron chi connectivity index (χ0n) is 15.0. The quantitative estimate of drug-likeness (QED) is 0.916. The fraction of sp³-hybridized carbons (Fsp3) is 0.667. The lowest BCUT2D eigenvalue weighted by Crippen LogP contribution is -2.38. The second kappa shape index (κ2) is 6.11. The van der Waals surface area contributed by atoms with E-state index in [2.05, 4.69) is 18.8 Å². The molecular formula is C18H28N2O3. The number of fused-ring (bicyclic) bond motifs is 1. The van der Waals surface area contributed by atoms with Crippen molar-refractivity contribution in [2.75, 3.05) is 11.4 Å². The van der Waals surface area contributed by atoms with Crippen LogP contribution in [0.5, 0.6) is 0 Å². The number of carbonyl (C=O) groups excluding carboxylic acids is 1. The van der Waals surface area contributed by atoms with Gasteiger partial charge in [0.1, 0.15) is 5.60 Å². The predicted octanol–water partition coefficient (Wildman–Crippen LogP) is 3.95. The number of rotatable bonds is 3. The van der Waals surface area contributed by atoms with Gasteiger partial charge in [-0.1, -0.05) is 27.2 Å². The van der Waals surface area contributed by atoms with Gasteiger partial charge in [-0.25, -0.2) is 4.79 Å². The lowest BCUT2D eigenvalue weighted by atomic mass is 9.88. The number of hydrogen-bond acceptors (Lipinski definition) is 4. The van der Waals surface area contributed by atoms with Gasteiger partial charge in [0.2, 0.25) is 0 Å². The first-order valence-corrected chi connectivity index (χ1v) is 8.24. The Labute approximate surface area is 138 Å². The van der Waals surface area contributed by atoms with Crippen LogP contribution in [0.15, 0.2) is 12.3 Å². The molecule has 1 aromatic rings. The second-order valence-corrected chi connectivity index (χ2v) is 7.88. The Bertz CT molecular complexity index is 590. The van der Waals surface area contributed by atoms with Crippen molar-refractivity contribution in [1.82, 2.24) is 4.98 Å². The van der Waals surface area contributed by atoms with Crippen LogP contribution in [-0.4, -0.2) is 28.3 Å². The highest BCUT2D eigenvalue weighted by molar-refractivity contribution is 5.91. The SMILES string of the molecule is CCCC(O)c1cc2c(cn1)C(C)(C)CN2C(=O)OC(C)(C)C. The van der Waals surface area contributed by atoms with Crippen LogP contribution in [0, 0.1) is 0 Å². The molecule has 1 aliphatic heterocycles. The number of carbonyl (C=O) groups is 1. The summed E-state index contributed by atoms with van der Waals surface area (Å²) < 4.78 is 5.52. The molecule has 5 heteroatoms. The van der Waals surface area contributed by atoms with Crippen molar-refractivity contribution in [1.29, 1.82) is 0 Å². The molecule has 0 aliphatic carbocycles. The molecule has 1 unspecified atom stereocenters. The lowest BCUT2D eigenvalue weighted by Gasteiger charge is -2.26. The molecule has 1 aliphatic rings. The third-order valence-electron chi connectivity index (χ3n) is 3.99. The zero-order chi connectivity index (χ0) is 17.4. The van der Waals surface area contributed by atoms with Gasteiger partial charge in [0, 0.05) is 23.7 Å². The molecule has 0 saturated heterocycles. The number of aliphatic hydroxyl groups excluding tert-OH is 1. The van der Waals surface area contributed by atoms with Crippen LogP contribution < -0.4 is 4.90 Å². The summed E-state index contributed by atoms with van der Waals surface area (Å²) in [6, 6.07) is 1.83. The van der Waals surface area contributed by atoms with Crippen LogP contribution in [0.2, 0.25) is 0 Å². The van der Waals surface area contributed by atoms with Crippen molar-refractivity contribution in [3.63, 3.8) is 0 Å². The topological polar surface area (TPSA) is 62.7 Å². The Balaban J connectivity index is 2.37. The molecule has 1 N–H and O–H groups in total.